The number of hydrogen-bond donors (Lipinski definition) is 3. The van der Waals surface area contributed by atoms with Crippen LogP contribution in [0, 0.1) is 0 Å². The van der Waals surface area contributed by atoms with Crippen molar-refractivity contribution in [3.63, 3.8) is 0 Å². The average Bonchev–Trinajstić information content (AvgIpc) is 3.37. The van der Waals surface area contributed by atoms with E-state index in [4.69, 9.17) is 62.9 Å². The molecule has 3 heterocycles. The van der Waals surface area contributed by atoms with Gasteiger partial charge in [-0.15, -0.1) is 0 Å². The van der Waals surface area contributed by atoms with E-state index in [2.05, 4.69) is 0 Å². The van der Waals surface area contributed by atoms with Crippen LogP contribution in [0.15, 0.2) is 24.3 Å². The van der Waals surface area contributed by atoms with Crippen LogP contribution in [0.3, 0.4) is 0 Å². The Morgan fingerprint density at radius 2 is 1.66 bits per heavy atom. The summed E-state index contributed by atoms with van der Waals surface area (Å²) in [6.45, 7) is 0.216. The van der Waals surface area contributed by atoms with Gasteiger partial charge in [-0.3, -0.25) is 0 Å². The third-order valence-corrected chi connectivity index (χ3v) is 6.85. The lowest BCUT2D eigenvalue weighted by molar-refractivity contribution is -0.214. The van der Waals surface area contributed by atoms with Gasteiger partial charge in [0, 0.05) is 17.5 Å². The molecular weight excluding hydrogens is 489 g/mol. The minimum Gasteiger partial charge on any atom is -0.515 e. The van der Waals surface area contributed by atoms with Gasteiger partial charge in [0.15, 0.2) is 17.7 Å². The Hall–Kier alpha value is -2.27. The van der Waals surface area contributed by atoms with Gasteiger partial charge in [-0.25, -0.2) is 4.39 Å². The molecule has 3 aliphatic heterocycles. The van der Waals surface area contributed by atoms with Crippen molar-refractivity contribution < 1.29 is 43.4 Å². The smallest absolute Gasteiger partial charge is 0.161 e. The van der Waals surface area contributed by atoms with E-state index in [9.17, 15) is 19.7 Å². The van der Waals surface area contributed by atoms with E-state index in [0.29, 0.717) is 42.3 Å². The van der Waals surface area contributed by atoms with Crippen LogP contribution in [-0.4, -0.2) is 111 Å². The van der Waals surface area contributed by atoms with E-state index in [-0.39, 0.29) is 29.2 Å². The summed E-state index contributed by atoms with van der Waals surface area (Å²) in [7, 11) is 30.7. The van der Waals surface area contributed by atoms with Gasteiger partial charge in [-0.05, 0) is 34.3 Å². The molecule has 2 aromatic rings. The summed E-state index contributed by atoms with van der Waals surface area (Å²) in [5, 5.41) is 27.0. The quantitative estimate of drug-likeness (QED) is 0.421. The number of benzene rings is 2. The Labute approximate surface area is 226 Å². The number of alkyl halides is 1. The molecule has 8 nitrogen and oxygen atoms in total. The molecule has 5 atom stereocenters. The lowest BCUT2D eigenvalue weighted by Gasteiger charge is -2.41. The molecule has 1 fully saturated rings. The van der Waals surface area contributed by atoms with Crippen molar-refractivity contribution in [2.24, 2.45) is 0 Å². The topological polar surface area (TPSA) is 107 Å². The van der Waals surface area contributed by atoms with E-state index >= 15 is 0 Å². The van der Waals surface area contributed by atoms with Crippen LogP contribution < -0.4 is 18.9 Å². The highest BCUT2D eigenvalue weighted by Gasteiger charge is 2.47. The highest BCUT2D eigenvalue weighted by atomic mass is 19.1. The molecule has 0 saturated carbocycles. The summed E-state index contributed by atoms with van der Waals surface area (Å²) in [6, 6.07) is 6.45. The minimum absolute atomic E-state index is 0.00280. The molecule has 0 bridgehead atoms. The van der Waals surface area contributed by atoms with E-state index < -0.39 is 47.7 Å². The molecule has 38 heavy (non-hydrogen) atoms. The molecule has 0 amide bonds. The fourth-order valence-corrected chi connectivity index (χ4v) is 4.98. The van der Waals surface area contributed by atoms with E-state index in [1.807, 2.05) is 0 Å². The molecule has 0 spiro atoms. The first kappa shape index (κ1) is 27.3. The van der Waals surface area contributed by atoms with Crippen molar-refractivity contribution in [1.29, 1.82) is 0 Å². The van der Waals surface area contributed by atoms with Crippen molar-refractivity contribution in [2.45, 2.75) is 47.5 Å². The van der Waals surface area contributed by atoms with Gasteiger partial charge in [0.1, 0.15) is 72.7 Å². The lowest BCUT2D eigenvalue weighted by Crippen LogP contribution is -2.53. The zero-order valence-corrected chi connectivity index (χ0v) is 20.4. The molecule has 1 saturated heterocycles. The van der Waals surface area contributed by atoms with Crippen LogP contribution in [0.2, 0.25) is 0 Å². The monoisotopic (exact) mass is 512 g/mol. The maximum Gasteiger partial charge on any atom is 0.161 e. The predicted molar refractivity (Wildman–Crippen MR) is 138 cm³/mol. The van der Waals surface area contributed by atoms with E-state index in [0.717, 1.165) is 0 Å². The molecule has 3 aliphatic rings. The van der Waals surface area contributed by atoms with Crippen LogP contribution in [-0.2, 0) is 16.4 Å². The second-order valence-electron chi connectivity index (χ2n) is 9.64. The van der Waals surface area contributed by atoms with Crippen LogP contribution in [0.1, 0.15) is 28.4 Å². The van der Waals surface area contributed by atoms with Crippen molar-refractivity contribution >= 4 is 39.2 Å². The molecule has 188 valence electrons. The minimum atomic E-state index is -2.16. The van der Waals surface area contributed by atoms with Gasteiger partial charge in [-0.1, -0.05) is 11.6 Å². The summed E-state index contributed by atoms with van der Waals surface area (Å²) in [6.07, 6.45) is -8.28. The molecule has 0 unspecified atom stereocenters. The van der Waals surface area contributed by atoms with Crippen molar-refractivity contribution in [3.05, 3.63) is 46.5 Å². The largest absolute Gasteiger partial charge is 0.515 e. The second kappa shape index (κ2) is 10.0. The van der Waals surface area contributed by atoms with Crippen molar-refractivity contribution in [2.75, 3.05) is 26.4 Å². The van der Waals surface area contributed by atoms with E-state index in [1.54, 1.807) is 18.2 Å². The zero-order valence-electron chi connectivity index (χ0n) is 20.4. The second-order valence-corrected chi connectivity index (χ2v) is 9.64. The normalized spacial score (nSPS) is 26.9. The first-order chi connectivity index (χ1) is 17.9. The highest BCUT2D eigenvalue weighted by molar-refractivity contribution is 6.58. The lowest BCUT2D eigenvalue weighted by atomic mass is 9.47. The number of fused-ring (bicyclic) bond motifs is 2. The molecule has 14 heteroatoms. The Kier molecular flexibility index (Phi) is 7.22. The molecule has 0 aromatic heterocycles. The van der Waals surface area contributed by atoms with Gasteiger partial charge >= 0.3 is 0 Å². The number of rotatable bonds is 6. The van der Waals surface area contributed by atoms with Crippen LogP contribution in [0.5, 0.6) is 23.0 Å². The van der Waals surface area contributed by atoms with Crippen LogP contribution in [0.25, 0.3) is 0 Å². The Morgan fingerprint density at radius 3 is 2.34 bits per heavy atom. The molecule has 5 rings (SSSR count). The Morgan fingerprint density at radius 1 is 0.947 bits per heavy atom. The summed E-state index contributed by atoms with van der Waals surface area (Å²) >= 11 is 0. The third kappa shape index (κ3) is 4.81. The van der Waals surface area contributed by atoms with Gasteiger partial charge in [0.25, 0.3) is 0 Å². The number of aliphatic hydroxyl groups is 3. The fourth-order valence-electron chi connectivity index (χ4n) is 4.98. The first-order valence-electron chi connectivity index (χ1n) is 12.1. The standard InChI is InChI=1S/C24H22B5FO8/c25-23(26,10-1-2-14-15(7-10)35-6-5-34-14)13-8-12(22-19(33)18(32)17(30)16(9-31)37-22)20(38-24(27,28)29)11-3-4-36-21(11)13/h1-2,7-8,16-19,22,31-33H,3-6,9H2/t16-,17-,18+,19-,22+/m1/s1. The summed E-state index contributed by atoms with van der Waals surface area (Å²) in [5.41, 5.74) is 1.19. The molecular formula is C24H22B5FO8. The first-order valence-corrected chi connectivity index (χ1v) is 12.1. The molecule has 3 N–H and O–H groups in total. The number of halogens is 1. The van der Waals surface area contributed by atoms with Crippen LogP contribution >= 0.6 is 0 Å². The highest BCUT2D eigenvalue weighted by Crippen LogP contribution is 2.49. The summed E-state index contributed by atoms with van der Waals surface area (Å²) in [4.78, 5) is 0. The summed E-state index contributed by atoms with van der Waals surface area (Å²) < 4.78 is 43.0. The number of aliphatic hydroxyl groups excluding tert-OH is 3. The average molecular weight is 511 g/mol. The zero-order chi connectivity index (χ0) is 27.4. The van der Waals surface area contributed by atoms with Gasteiger partial charge < -0.3 is 39.0 Å². The predicted octanol–water partition coefficient (Wildman–Crippen LogP) is -1.08. The van der Waals surface area contributed by atoms with Crippen molar-refractivity contribution in [3.8, 4) is 23.0 Å². The third-order valence-electron chi connectivity index (χ3n) is 6.85. The SMILES string of the molecule is [B]C([B])([B])Oc1c([C@@H]2O[C@H](CO)[C@@H](F)[C@H](O)[C@H]2O)cc(C([B])([B])c2ccc3c(c2)OCCO3)c2c1CCO2. The Balaban J connectivity index is 1.68. The van der Waals surface area contributed by atoms with Crippen molar-refractivity contribution in [1.82, 2.24) is 0 Å². The Bertz CT molecular complexity index is 1210. The number of hydrogen-bond acceptors (Lipinski definition) is 8. The summed E-state index contributed by atoms with van der Waals surface area (Å²) in [5.74, 6) is 1.27. The molecule has 2 aromatic carbocycles. The van der Waals surface area contributed by atoms with Gasteiger partial charge in [0.05, 0.1) is 28.9 Å². The maximum atomic E-state index is 14.5. The van der Waals surface area contributed by atoms with Crippen LogP contribution in [0.4, 0.5) is 4.39 Å². The molecule has 10 radical (unpaired) electrons. The number of ether oxygens (including phenoxy) is 5. The maximum absolute atomic E-state index is 14.5. The van der Waals surface area contributed by atoms with E-state index in [1.165, 1.54) is 6.07 Å². The molecule has 0 aliphatic carbocycles. The van der Waals surface area contributed by atoms with Gasteiger partial charge in [0.2, 0.25) is 0 Å². The fraction of sp³-hybridized carbons (Fsp3) is 0.500. The van der Waals surface area contributed by atoms with Gasteiger partial charge in [-0.2, -0.15) is 0 Å².